The van der Waals surface area contributed by atoms with E-state index in [1.165, 1.54) is 30.3 Å². The Kier molecular flexibility index (Phi) is 5.26. The van der Waals surface area contributed by atoms with Crippen LogP contribution in [0.25, 0.3) is 0 Å². The molecule has 0 saturated carbocycles. The Morgan fingerprint density at radius 2 is 2.09 bits per heavy atom. The zero-order valence-electron chi connectivity index (χ0n) is 11.6. The third-order valence-corrected chi connectivity index (χ3v) is 3.62. The van der Waals surface area contributed by atoms with Gasteiger partial charge in [0.25, 0.3) is 5.69 Å². The van der Waals surface area contributed by atoms with E-state index in [1.807, 2.05) is 0 Å². The van der Waals surface area contributed by atoms with Crippen molar-refractivity contribution in [2.75, 3.05) is 11.1 Å². The Hall–Kier alpha value is -2.94. The molecule has 0 aliphatic carbocycles. The summed E-state index contributed by atoms with van der Waals surface area (Å²) in [7, 11) is 0. The van der Waals surface area contributed by atoms with E-state index in [-0.39, 0.29) is 22.9 Å². The summed E-state index contributed by atoms with van der Waals surface area (Å²) >= 11 is 1.12. The van der Waals surface area contributed by atoms with Crippen LogP contribution in [0.3, 0.4) is 0 Å². The van der Waals surface area contributed by atoms with Crippen molar-refractivity contribution < 1.29 is 19.6 Å². The van der Waals surface area contributed by atoms with E-state index in [0.717, 1.165) is 18.0 Å². The molecule has 1 amide bonds. The van der Waals surface area contributed by atoms with Crippen molar-refractivity contribution in [2.45, 2.75) is 5.03 Å². The molecule has 1 aromatic carbocycles. The number of carbonyl (C=O) groups is 2. The fourth-order valence-electron chi connectivity index (χ4n) is 1.63. The molecular formula is C14H11N3O5S. The minimum absolute atomic E-state index is 0.0438. The zero-order chi connectivity index (χ0) is 16.8. The third kappa shape index (κ3) is 4.78. The molecule has 0 saturated heterocycles. The van der Waals surface area contributed by atoms with Crippen molar-refractivity contribution in [3.05, 3.63) is 58.3 Å². The number of hydrogen-bond donors (Lipinski definition) is 2. The molecule has 0 aliphatic rings. The molecule has 0 unspecified atom stereocenters. The summed E-state index contributed by atoms with van der Waals surface area (Å²) in [4.78, 5) is 36.5. The van der Waals surface area contributed by atoms with Crippen LogP contribution in [0.4, 0.5) is 11.4 Å². The summed E-state index contributed by atoms with van der Waals surface area (Å²) in [5.41, 5.74) is 0.337. The lowest BCUT2D eigenvalue weighted by Gasteiger charge is -2.05. The van der Waals surface area contributed by atoms with Gasteiger partial charge in [-0.25, -0.2) is 9.78 Å². The van der Waals surface area contributed by atoms with Crippen molar-refractivity contribution in [3.63, 3.8) is 0 Å². The fraction of sp³-hybridized carbons (Fsp3) is 0.0714. The number of thioether (sulfide) groups is 1. The number of rotatable bonds is 6. The second-order valence-electron chi connectivity index (χ2n) is 4.33. The van der Waals surface area contributed by atoms with Gasteiger partial charge in [-0.2, -0.15) is 0 Å². The van der Waals surface area contributed by atoms with Gasteiger partial charge in [0, 0.05) is 11.8 Å². The van der Waals surface area contributed by atoms with Gasteiger partial charge in [0.05, 0.1) is 21.3 Å². The van der Waals surface area contributed by atoms with Crippen molar-refractivity contribution in [1.29, 1.82) is 0 Å². The number of carboxylic acids is 1. The maximum Gasteiger partial charge on any atom is 0.335 e. The number of carboxylic acid groups (broad SMARTS) is 1. The van der Waals surface area contributed by atoms with E-state index < -0.39 is 10.9 Å². The van der Waals surface area contributed by atoms with Gasteiger partial charge >= 0.3 is 5.97 Å². The van der Waals surface area contributed by atoms with Crippen molar-refractivity contribution in [2.24, 2.45) is 0 Å². The highest BCUT2D eigenvalue weighted by atomic mass is 32.2. The highest BCUT2D eigenvalue weighted by molar-refractivity contribution is 7.99. The molecule has 0 aliphatic heterocycles. The highest BCUT2D eigenvalue weighted by Gasteiger charge is 2.09. The summed E-state index contributed by atoms with van der Waals surface area (Å²) in [5.74, 6) is -1.37. The van der Waals surface area contributed by atoms with Crippen LogP contribution >= 0.6 is 11.8 Å². The minimum Gasteiger partial charge on any atom is -0.478 e. The van der Waals surface area contributed by atoms with Crippen LogP contribution in [-0.2, 0) is 4.79 Å². The number of nitrogens with one attached hydrogen (secondary N) is 1. The van der Waals surface area contributed by atoms with Crippen molar-refractivity contribution in [3.8, 4) is 0 Å². The highest BCUT2D eigenvalue weighted by Crippen LogP contribution is 2.19. The van der Waals surface area contributed by atoms with Gasteiger partial charge in [-0.05, 0) is 24.3 Å². The normalized spacial score (nSPS) is 10.1. The minimum atomic E-state index is -1.08. The monoisotopic (exact) mass is 333 g/mol. The number of amides is 1. The first-order chi connectivity index (χ1) is 11.0. The Balaban J connectivity index is 1.91. The Bertz CT molecular complexity index is 748. The number of benzene rings is 1. The quantitative estimate of drug-likeness (QED) is 0.473. The summed E-state index contributed by atoms with van der Waals surface area (Å²) in [6.07, 6.45) is 1.12. The second-order valence-corrected chi connectivity index (χ2v) is 5.33. The van der Waals surface area contributed by atoms with Crippen LogP contribution in [-0.4, -0.2) is 32.6 Å². The Morgan fingerprint density at radius 3 is 2.70 bits per heavy atom. The zero-order valence-corrected chi connectivity index (χ0v) is 12.4. The maximum absolute atomic E-state index is 11.8. The molecule has 9 heteroatoms. The predicted molar refractivity (Wildman–Crippen MR) is 83.6 cm³/mol. The van der Waals surface area contributed by atoms with Crippen LogP contribution in [0.2, 0.25) is 0 Å². The van der Waals surface area contributed by atoms with Crippen molar-refractivity contribution in [1.82, 2.24) is 4.98 Å². The number of nitrogens with zero attached hydrogens (tertiary/aromatic N) is 2. The Labute approximate surface area is 134 Å². The number of aromatic carboxylic acids is 1. The van der Waals surface area contributed by atoms with Crippen LogP contribution in [0.1, 0.15) is 10.4 Å². The standard InChI is InChI=1S/C14H11N3O5S/c18-12(16-10-3-1-2-9(6-10)14(19)20)8-23-13-5-4-11(7-15-13)17(21)22/h1-7H,8H2,(H,16,18)(H,19,20). The molecule has 0 atom stereocenters. The van der Waals surface area contributed by atoms with E-state index in [1.54, 1.807) is 6.07 Å². The van der Waals surface area contributed by atoms with Crippen LogP contribution in [0, 0.1) is 10.1 Å². The molecule has 2 N–H and O–H groups in total. The molecule has 2 rings (SSSR count). The number of nitro groups is 1. The second kappa shape index (κ2) is 7.36. The lowest BCUT2D eigenvalue weighted by Crippen LogP contribution is -2.14. The molecule has 118 valence electrons. The summed E-state index contributed by atoms with van der Waals surface area (Å²) in [5, 5.41) is 22.4. The molecule has 0 spiro atoms. The first-order valence-electron chi connectivity index (χ1n) is 6.32. The molecule has 0 bridgehead atoms. The van der Waals surface area contributed by atoms with E-state index in [0.29, 0.717) is 10.7 Å². The van der Waals surface area contributed by atoms with Crippen LogP contribution < -0.4 is 5.32 Å². The van der Waals surface area contributed by atoms with E-state index >= 15 is 0 Å². The predicted octanol–water partition coefficient (Wildman–Crippen LogP) is 2.42. The van der Waals surface area contributed by atoms with E-state index in [2.05, 4.69) is 10.3 Å². The SMILES string of the molecule is O=C(CSc1ccc([N+](=O)[O-])cn1)Nc1cccc(C(=O)O)c1. The lowest BCUT2D eigenvalue weighted by atomic mass is 10.2. The molecule has 2 aromatic rings. The number of pyridine rings is 1. The van der Waals surface area contributed by atoms with Crippen LogP contribution in [0.5, 0.6) is 0 Å². The number of carbonyl (C=O) groups excluding carboxylic acids is 1. The molecule has 8 nitrogen and oxygen atoms in total. The van der Waals surface area contributed by atoms with Crippen molar-refractivity contribution >= 4 is 35.0 Å². The van der Waals surface area contributed by atoms with Gasteiger partial charge in [-0.15, -0.1) is 0 Å². The van der Waals surface area contributed by atoms with Gasteiger partial charge in [0.2, 0.25) is 5.91 Å². The molecule has 1 aromatic heterocycles. The molecule has 0 fully saturated rings. The molecule has 0 radical (unpaired) electrons. The topological polar surface area (TPSA) is 122 Å². The first kappa shape index (κ1) is 16.4. The number of anilines is 1. The Morgan fingerprint density at radius 1 is 1.30 bits per heavy atom. The third-order valence-electron chi connectivity index (χ3n) is 2.68. The molecule has 1 heterocycles. The van der Waals surface area contributed by atoms with E-state index in [4.69, 9.17) is 5.11 Å². The lowest BCUT2D eigenvalue weighted by molar-refractivity contribution is -0.385. The van der Waals surface area contributed by atoms with Gasteiger partial charge in [-0.1, -0.05) is 17.8 Å². The molecular weight excluding hydrogens is 322 g/mol. The average Bonchev–Trinajstić information content (AvgIpc) is 2.53. The number of hydrogen-bond acceptors (Lipinski definition) is 6. The smallest absolute Gasteiger partial charge is 0.335 e. The van der Waals surface area contributed by atoms with Gasteiger partial charge in [-0.3, -0.25) is 14.9 Å². The van der Waals surface area contributed by atoms with Gasteiger partial charge in [0.1, 0.15) is 6.20 Å². The van der Waals surface area contributed by atoms with Gasteiger partial charge in [0.15, 0.2) is 0 Å². The summed E-state index contributed by atoms with van der Waals surface area (Å²) in [6.45, 7) is 0. The summed E-state index contributed by atoms with van der Waals surface area (Å²) in [6, 6.07) is 8.66. The van der Waals surface area contributed by atoms with Crippen LogP contribution in [0.15, 0.2) is 47.6 Å². The maximum atomic E-state index is 11.8. The van der Waals surface area contributed by atoms with Gasteiger partial charge < -0.3 is 10.4 Å². The average molecular weight is 333 g/mol. The number of aromatic nitrogens is 1. The largest absolute Gasteiger partial charge is 0.478 e. The molecule has 23 heavy (non-hydrogen) atoms. The first-order valence-corrected chi connectivity index (χ1v) is 7.31. The van der Waals surface area contributed by atoms with E-state index in [9.17, 15) is 19.7 Å². The fourth-order valence-corrected chi connectivity index (χ4v) is 2.28. The summed E-state index contributed by atoms with van der Waals surface area (Å²) < 4.78 is 0.